The Hall–Kier alpha value is -0.0800. The summed E-state index contributed by atoms with van der Waals surface area (Å²) in [6, 6.07) is 0.652. The zero-order chi connectivity index (χ0) is 10.8. The summed E-state index contributed by atoms with van der Waals surface area (Å²) < 4.78 is 5.56. The molecule has 0 aromatic rings. The summed E-state index contributed by atoms with van der Waals surface area (Å²) in [4.78, 5) is 0. The summed E-state index contributed by atoms with van der Waals surface area (Å²) >= 11 is 0. The highest BCUT2D eigenvalue weighted by Gasteiger charge is 2.06. The van der Waals surface area contributed by atoms with Gasteiger partial charge in [0, 0.05) is 12.6 Å². The van der Waals surface area contributed by atoms with E-state index in [0.717, 1.165) is 19.6 Å². The fraction of sp³-hybridized carbons (Fsp3) is 1.00. The van der Waals surface area contributed by atoms with Gasteiger partial charge in [0.15, 0.2) is 0 Å². The van der Waals surface area contributed by atoms with E-state index in [2.05, 4.69) is 33.0 Å². The predicted molar refractivity (Wildman–Crippen MR) is 62.7 cm³/mol. The van der Waals surface area contributed by atoms with Crippen LogP contribution in [0.4, 0.5) is 0 Å². The molecule has 0 saturated carbocycles. The van der Waals surface area contributed by atoms with Crippen LogP contribution in [0.1, 0.15) is 53.4 Å². The van der Waals surface area contributed by atoms with Crippen LogP contribution in [0.5, 0.6) is 0 Å². The van der Waals surface area contributed by atoms with Crippen LogP contribution >= 0.6 is 0 Å². The van der Waals surface area contributed by atoms with Gasteiger partial charge in [-0.2, -0.15) is 0 Å². The van der Waals surface area contributed by atoms with Crippen LogP contribution < -0.4 is 5.32 Å². The molecule has 14 heavy (non-hydrogen) atoms. The van der Waals surface area contributed by atoms with Crippen LogP contribution in [0.3, 0.4) is 0 Å². The summed E-state index contributed by atoms with van der Waals surface area (Å²) in [6.07, 6.45) is 5.24. The zero-order valence-electron chi connectivity index (χ0n) is 10.3. The maximum absolute atomic E-state index is 5.56. The van der Waals surface area contributed by atoms with E-state index in [9.17, 15) is 0 Å². The largest absolute Gasteiger partial charge is 0.379 e. The molecule has 0 spiro atoms. The smallest absolute Gasteiger partial charge is 0.0518 e. The Balaban J connectivity index is 3.50. The molecule has 0 aromatic heterocycles. The van der Waals surface area contributed by atoms with Gasteiger partial charge in [-0.3, -0.25) is 0 Å². The van der Waals surface area contributed by atoms with Crippen molar-refractivity contribution >= 4 is 0 Å². The number of hydrogen-bond donors (Lipinski definition) is 1. The second-order valence-electron chi connectivity index (χ2n) is 4.15. The molecule has 0 radical (unpaired) electrons. The molecular weight excluding hydrogens is 174 g/mol. The third-order valence-electron chi connectivity index (χ3n) is 2.24. The number of hydrogen-bond acceptors (Lipinski definition) is 2. The molecule has 1 unspecified atom stereocenters. The highest BCUT2D eigenvalue weighted by molar-refractivity contribution is 4.65. The first-order chi connectivity index (χ1) is 6.70. The molecule has 0 amide bonds. The van der Waals surface area contributed by atoms with Gasteiger partial charge in [-0.1, -0.05) is 20.3 Å². The summed E-state index contributed by atoms with van der Waals surface area (Å²) in [6.45, 7) is 10.7. The minimum Gasteiger partial charge on any atom is -0.379 e. The Labute approximate surface area is 89.4 Å². The Morgan fingerprint density at radius 1 is 1.07 bits per heavy atom. The third kappa shape index (κ3) is 8.52. The van der Waals surface area contributed by atoms with Gasteiger partial charge in [0.05, 0.1) is 6.10 Å². The average Bonchev–Trinajstić information content (AvgIpc) is 2.13. The summed E-state index contributed by atoms with van der Waals surface area (Å²) in [5, 5.41) is 3.56. The second-order valence-corrected chi connectivity index (χ2v) is 4.15. The van der Waals surface area contributed by atoms with E-state index in [1.807, 2.05) is 0 Å². The molecule has 86 valence electrons. The monoisotopic (exact) mass is 201 g/mol. The molecule has 0 aliphatic heterocycles. The molecule has 0 fully saturated rings. The molecule has 0 saturated heterocycles. The number of rotatable bonds is 9. The first-order valence-corrected chi connectivity index (χ1v) is 6.05. The lowest BCUT2D eigenvalue weighted by atomic mass is 10.1. The Morgan fingerprint density at radius 2 is 1.79 bits per heavy atom. The molecule has 0 aromatic carbocycles. The van der Waals surface area contributed by atoms with E-state index in [4.69, 9.17) is 4.74 Å². The Kier molecular flexibility index (Phi) is 9.42. The molecule has 2 nitrogen and oxygen atoms in total. The van der Waals surface area contributed by atoms with Crippen molar-refractivity contribution in [3.05, 3.63) is 0 Å². The first-order valence-electron chi connectivity index (χ1n) is 6.05. The summed E-state index contributed by atoms with van der Waals surface area (Å²) in [5.41, 5.74) is 0. The SMILES string of the molecule is CCCNC(CCC)CCOC(C)C. The van der Waals surface area contributed by atoms with Crippen LogP contribution in [0.25, 0.3) is 0 Å². The number of nitrogens with one attached hydrogen (secondary N) is 1. The van der Waals surface area contributed by atoms with Gasteiger partial charge < -0.3 is 10.1 Å². The van der Waals surface area contributed by atoms with Crippen LogP contribution in [0.2, 0.25) is 0 Å². The van der Waals surface area contributed by atoms with Crippen molar-refractivity contribution in [2.45, 2.75) is 65.5 Å². The lowest BCUT2D eigenvalue weighted by molar-refractivity contribution is 0.0709. The minimum atomic E-state index is 0.364. The van der Waals surface area contributed by atoms with Gasteiger partial charge in [0.1, 0.15) is 0 Å². The molecular formula is C12H27NO. The van der Waals surface area contributed by atoms with Gasteiger partial charge in [0.25, 0.3) is 0 Å². The van der Waals surface area contributed by atoms with Gasteiger partial charge >= 0.3 is 0 Å². The average molecular weight is 201 g/mol. The standard InChI is InChI=1S/C12H27NO/c1-5-7-12(13-9-6-2)8-10-14-11(3)4/h11-13H,5-10H2,1-4H3. The normalized spacial score (nSPS) is 13.5. The fourth-order valence-corrected chi connectivity index (χ4v) is 1.49. The van der Waals surface area contributed by atoms with Gasteiger partial charge in [0.2, 0.25) is 0 Å². The van der Waals surface area contributed by atoms with Crippen molar-refractivity contribution in [3.63, 3.8) is 0 Å². The maximum atomic E-state index is 5.56. The van der Waals surface area contributed by atoms with Crippen LogP contribution in [0, 0.1) is 0 Å². The van der Waals surface area contributed by atoms with Crippen molar-refractivity contribution in [3.8, 4) is 0 Å². The van der Waals surface area contributed by atoms with Crippen molar-refractivity contribution in [2.24, 2.45) is 0 Å². The third-order valence-corrected chi connectivity index (χ3v) is 2.24. The Morgan fingerprint density at radius 3 is 2.29 bits per heavy atom. The van der Waals surface area contributed by atoms with Gasteiger partial charge in [-0.15, -0.1) is 0 Å². The molecule has 0 bridgehead atoms. The maximum Gasteiger partial charge on any atom is 0.0518 e. The second kappa shape index (κ2) is 9.47. The van der Waals surface area contributed by atoms with E-state index >= 15 is 0 Å². The fourth-order valence-electron chi connectivity index (χ4n) is 1.49. The van der Waals surface area contributed by atoms with Crippen LogP contribution in [0.15, 0.2) is 0 Å². The predicted octanol–water partition coefficient (Wildman–Crippen LogP) is 2.97. The van der Waals surface area contributed by atoms with Crippen LogP contribution in [-0.2, 0) is 4.74 Å². The summed E-state index contributed by atoms with van der Waals surface area (Å²) in [7, 11) is 0. The molecule has 0 aliphatic rings. The summed E-state index contributed by atoms with van der Waals surface area (Å²) in [5.74, 6) is 0. The van der Waals surface area contributed by atoms with Crippen molar-refractivity contribution in [2.75, 3.05) is 13.2 Å². The molecule has 2 heteroatoms. The highest BCUT2D eigenvalue weighted by Crippen LogP contribution is 2.03. The molecule has 0 rings (SSSR count). The topological polar surface area (TPSA) is 21.3 Å². The number of ether oxygens (including phenoxy) is 1. The van der Waals surface area contributed by atoms with E-state index < -0.39 is 0 Å². The van der Waals surface area contributed by atoms with Crippen molar-refractivity contribution in [1.82, 2.24) is 5.32 Å². The Bertz CT molecular complexity index is 115. The lowest BCUT2D eigenvalue weighted by Gasteiger charge is -2.18. The van der Waals surface area contributed by atoms with Gasteiger partial charge in [-0.05, 0) is 39.7 Å². The van der Waals surface area contributed by atoms with E-state index in [1.54, 1.807) is 0 Å². The van der Waals surface area contributed by atoms with Gasteiger partial charge in [-0.25, -0.2) is 0 Å². The first kappa shape index (κ1) is 13.9. The van der Waals surface area contributed by atoms with Crippen molar-refractivity contribution < 1.29 is 4.74 Å². The van der Waals surface area contributed by atoms with E-state index in [-0.39, 0.29) is 0 Å². The zero-order valence-corrected chi connectivity index (χ0v) is 10.3. The van der Waals surface area contributed by atoms with E-state index in [0.29, 0.717) is 12.1 Å². The molecule has 0 heterocycles. The molecule has 0 aliphatic carbocycles. The van der Waals surface area contributed by atoms with Crippen molar-refractivity contribution in [1.29, 1.82) is 0 Å². The highest BCUT2D eigenvalue weighted by atomic mass is 16.5. The molecule has 1 N–H and O–H groups in total. The lowest BCUT2D eigenvalue weighted by Crippen LogP contribution is -2.31. The minimum absolute atomic E-state index is 0.364. The molecule has 1 atom stereocenters. The van der Waals surface area contributed by atoms with E-state index in [1.165, 1.54) is 19.3 Å². The van der Waals surface area contributed by atoms with Crippen LogP contribution in [-0.4, -0.2) is 25.3 Å². The quantitative estimate of drug-likeness (QED) is 0.619.